The third-order valence-corrected chi connectivity index (χ3v) is 7.50. The number of hydrogen-bond donors (Lipinski definition) is 1. The third kappa shape index (κ3) is 4.68. The van der Waals surface area contributed by atoms with E-state index in [1.165, 1.54) is 16.4 Å². The van der Waals surface area contributed by atoms with Gasteiger partial charge in [0.15, 0.2) is 11.5 Å². The van der Waals surface area contributed by atoms with Gasteiger partial charge in [-0.3, -0.25) is 4.79 Å². The van der Waals surface area contributed by atoms with E-state index < -0.39 is 10.0 Å². The van der Waals surface area contributed by atoms with Gasteiger partial charge in [-0.05, 0) is 49.9 Å². The molecular weight excluding hydrogens is 418 g/mol. The maximum absolute atomic E-state index is 13.0. The van der Waals surface area contributed by atoms with Crippen LogP contribution in [0.1, 0.15) is 28.9 Å². The first kappa shape index (κ1) is 21.6. The van der Waals surface area contributed by atoms with E-state index in [1.807, 2.05) is 32.2 Å². The molecule has 0 bridgehead atoms. The van der Waals surface area contributed by atoms with Gasteiger partial charge in [0.05, 0.1) is 10.9 Å². The summed E-state index contributed by atoms with van der Waals surface area (Å²) in [5.74, 6) is 1.01. The quantitative estimate of drug-likeness (QED) is 0.756. The van der Waals surface area contributed by atoms with Crippen molar-refractivity contribution >= 4 is 15.9 Å². The van der Waals surface area contributed by atoms with Crippen LogP contribution < -0.4 is 14.8 Å². The smallest absolute Gasteiger partial charge is 0.251 e. The largest absolute Gasteiger partial charge is 0.486 e. The van der Waals surface area contributed by atoms with Crippen molar-refractivity contribution in [2.45, 2.75) is 17.9 Å². The fourth-order valence-corrected chi connectivity index (χ4v) is 5.14. The second-order valence-corrected chi connectivity index (χ2v) is 9.77. The number of ether oxygens (including phenoxy) is 2. The predicted octanol–water partition coefficient (Wildman–Crippen LogP) is 1.88. The van der Waals surface area contributed by atoms with Crippen LogP contribution in [-0.4, -0.2) is 70.0 Å². The standard InChI is InChI=1S/C22H27N3O5S/c1-16(17-6-7-20-21(15-17)30-13-12-29-20)23-22(26)18-4-3-5-19(14-18)31(27,28)25-10-8-24(2)9-11-25/h3-7,14-16H,8-13H2,1-2H3,(H,23,26)/t16-/m1/s1. The molecule has 0 aromatic heterocycles. The number of rotatable bonds is 5. The van der Waals surface area contributed by atoms with Gasteiger partial charge in [-0.2, -0.15) is 4.31 Å². The highest BCUT2D eigenvalue weighted by Gasteiger charge is 2.28. The molecule has 31 heavy (non-hydrogen) atoms. The van der Waals surface area contributed by atoms with Crippen molar-refractivity contribution in [3.05, 3.63) is 53.6 Å². The Balaban J connectivity index is 1.48. The molecule has 0 aliphatic carbocycles. The molecule has 0 saturated carbocycles. The minimum absolute atomic E-state index is 0.136. The molecule has 0 unspecified atom stereocenters. The lowest BCUT2D eigenvalue weighted by atomic mass is 10.1. The number of sulfonamides is 1. The third-order valence-electron chi connectivity index (χ3n) is 5.61. The number of carbonyl (C=O) groups excluding carboxylic acids is 1. The van der Waals surface area contributed by atoms with E-state index >= 15 is 0 Å². The molecule has 1 atom stereocenters. The van der Waals surface area contributed by atoms with Gasteiger partial charge in [0.25, 0.3) is 5.91 Å². The van der Waals surface area contributed by atoms with Gasteiger partial charge < -0.3 is 19.7 Å². The maximum Gasteiger partial charge on any atom is 0.251 e. The Bertz CT molecular complexity index is 1060. The Kier molecular flexibility index (Phi) is 6.17. The van der Waals surface area contributed by atoms with E-state index in [4.69, 9.17) is 9.47 Å². The van der Waals surface area contributed by atoms with Crippen molar-refractivity contribution < 1.29 is 22.7 Å². The van der Waals surface area contributed by atoms with Gasteiger partial charge in [0.1, 0.15) is 13.2 Å². The van der Waals surface area contributed by atoms with Crippen LogP contribution in [0.5, 0.6) is 11.5 Å². The normalized spacial score (nSPS) is 18.4. The summed E-state index contributed by atoms with van der Waals surface area (Å²) in [7, 11) is -1.67. The van der Waals surface area contributed by atoms with Crippen LogP contribution in [-0.2, 0) is 10.0 Å². The van der Waals surface area contributed by atoms with E-state index in [2.05, 4.69) is 10.2 Å². The van der Waals surface area contributed by atoms with Gasteiger partial charge in [-0.15, -0.1) is 0 Å². The minimum atomic E-state index is -3.64. The molecule has 2 aromatic carbocycles. The van der Waals surface area contributed by atoms with Crippen molar-refractivity contribution in [2.75, 3.05) is 46.4 Å². The van der Waals surface area contributed by atoms with Gasteiger partial charge in [0, 0.05) is 31.7 Å². The lowest BCUT2D eigenvalue weighted by molar-refractivity contribution is 0.0939. The van der Waals surface area contributed by atoms with Crippen LogP contribution >= 0.6 is 0 Å². The molecule has 8 nitrogen and oxygen atoms in total. The zero-order chi connectivity index (χ0) is 22.0. The first-order chi connectivity index (χ1) is 14.8. The van der Waals surface area contributed by atoms with Gasteiger partial charge >= 0.3 is 0 Å². The highest BCUT2D eigenvalue weighted by atomic mass is 32.2. The Morgan fingerprint density at radius 1 is 1.00 bits per heavy atom. The monoisotopic (exact) mass is 445 g/mol. The summed E-state index contributed by atoms with van der Waals surface area (Å²) in [6.45, 7) is 5.14. The first-order valence-corrected chi connectivity index (χ1v) is 11.8. The minimum Gasteiger partial charge on any atom is -0.486 e. The lowest BCUT2D eigenvalue weighted by Gasteiger charge is -2.31. The van der Waals surface area contributed by atoms with E-state index in [0.29, 0.717) is 56.5 Å². The lowest BCUT2D eigenvalue weighted by Crippen LogP contribution is -2.47. The molecule has 1 fully saturated rings. The highest BCUT2D eigenvalue weighted by molar-refractivity contribution is 7.89. The average molecular weight is 446 g/mol. The summed E-state index contributed by atoms with van der Waals surface area (Å²) in [5.41, 5.74) is 1.18. The van der Waals surface area contributed by atoms with Gasteiger partial charge in [-0.1, -0.05) is 12.1 Å². The van der Waals surface area contributed by atoms with E-state index in [9.17, 15) is 13.2 Å². The second kappa shape index (κ2) is 8.86. The van der Waals surface area contributed by atoms with E-state index in [0.717, 1.165) is 5.56 Å². The van der Waals surface area contributed by atoms with Crippen LogP contribution in [0.4, 0.5) is 0 Å². The Hall–Kier alpha value is -2.62. The topological polar surface area (TPSA) is 88.2 Å². The van der Waals surface area contributed by atoms with Crippen molar-refractivity contribution in [2.24, 2.45) is 0 Å². The SMILES string of the molecule is C[C@@H](NC(=O)c1cccc(S(=O)(=O)N2CCN(C)CC2)c1)c1ccc2c(c1)OCCO2. The molecule has 0 radical (unpaired) electrons. The molecule has 2 heterocycles. The highest BCUT2D eigenvalue weighted by Crippen LogP contribution is 2.32. The molecule has 1 amide bonds. The summed E-state index contributed by atoms with van der Waals surface area (Å²) in [6.07, 6.45) is 0. The number of hydrogen-bond acceptors (Lipinski definition) is 6. The molecule has 166 valence electrons. The van der Waals surface area contributed by atoms with Gasteiger partial charge in [-0.25, -0.2) is 8.42 Å². The van der Waals surface area contributed by atoms with Crippen LogP contribution in [0.15, 0.2) is 47.4 Å². The Morgan fingerprint density at radius 2 is 1.71 bits per heavy atom. The molecule has 4 rings (SSSR count). The summed E-state index contributed by atoms with van der Waals surface area (Å²) >= 11 is 0. The van der Waals surface area contributed by atoms with Crippen molar-refractivity contribution in [1.82, 2.24) is 14.5 Å². The molecule has 9 heteroatoms. The average Bonchev–Trinajstić information content (AvgIpc) is 2.79. The summed E-state index contributed by atoms with van der Waals surface area (Å²) in [4.78, 5) is 15.1. The zero-order valence-electron chi connectivity index (χ0n) is 17.7. The maximum atomic E-state index is 13.0. The number of amides is 1. The number of nitrogens with one attached hydrogen (secondary N) is 1. The molecule has 2 aliphatic rings. The summed E-state index contributed by atoms with van der Waals surface area (Å²) in [5, 5.41) is 2.93. The van der Waals surface area contributed by atoms with Crippen LogP contribution in [0, 0.1) is 0 Å². The predicted molar refractivity (Wildman–Crippen MR) is 116 cm³/mol. The van der Waals surface area contributed by atoms with Crippen LogP contribution in [0.3, 0.4) is 0 Å². The second-order valence-electron chi connectivity index (χ2n) is 7.83. The molecule has 1 saturated heterocycles. The molecular formula is C22H27N3O5S. The molecule has 2 aliphatic heterocycles. The van der Waals surface area contributed by atoms with Crippen molar-refractivity contribution in [3.8, 4) is 11.5 Å². The fraction of sp³-hybridized carbons (Fsp3) is 0.409. The first-order valence-electron chi connectivity index (χ1n) is 10.3. The van der Waals surface area contributed by atoms with Crippen LogP contribution in [0.2, 0.25) is 0 Å². The molecule has 2 aromatic rings. The Morgan fingerprint density at radius 3 is 2.45 bits per heavy atom. The number of likely N-dealkylation sites (N-methyl/N-ethyl adjacent to an activating group) is 1. The van der Waals surface area contributed by atoms with Crippen LogP contribution in [0.25, 0.3) is 0 Å². The number of nitrogens with zero attached hydrogens (tertiary/aromatic N) is 2. The number of carbonyl (C=O) groups is 1. The number of benzene rings is 2. The molecule has 0 spiro atoms. The zero-order valence-corrected chi connectivity index (χ0v) is 18.5. The van der Waals surface area contributed by atoms with Crippen molar-refractivity contribution in [3.63, 3.8) is 0 Å². The fourth-order valence-electron chi connectivity index (χ4n) is 3.67. The Labute approximate surface area is 182 Å². The van der Waals surface area contributed by atoms with Crippen molar-refractivity contribution in [1.29, 1.82) is 0 Å². The summed E-state index contributed by atoms with van der Waals surface area (Å²) in [6, 6.07) is 11.5. The number of fused-ring (bicyclic) bond motifs is 1. The van der Waals surface area contributed by atoms with E-state index in [-0.39, 0.29) is 16.8 Å². The van der Waals surface area contributed by atoms with E-state index in [1.54, 1.807) is 12.1 Å². The number of piperazine rings is 1. The molecule has 1 N–H and O–H groups in total. The summed E-state index contributed by atoms with van der Waals surface area (Å²) < 4.78 is 38.6. The van der Waals surface area contributed by atoms with Gasteiger partial charge in [0.2, 0.25) is 10.0 Å².